The highest BCUT2D eigenvalue weighted by atomic mass is 16.7. The van der Waals surface area contributed by atoms with Gasteiger partial charge in [0.15, 0.2) is 0 Å². The number of anilines is 2. The van der Waals surface area contributed by atoms with Crippen LogP contribution in [0.25, 0.3) is 0 Å². The Morgan fingerprint density at radius 3 is 2.64 bits per heavy atom. The molecule has 1 heterocycles. The highest BCUT2D eigenvalue weighted by Gasteiger charge is 2.14. The van der Waals surface area contributed by atoms with E-state index in [0.717, 1.165) is 25.3 Å². The maximum atomic E-state index is 5.76. The Labute approximate surface area is 83.0 Å². The molecule has 1 saturated heterocycles. The lowest BCUT2D eigenvalue weighted by Crippen LogP contribution is -2.32. The van der Waals surface area contributed by atoms with Crippen molar-refractivity contribution in [2.24, 2.45) is 0 Å². The third-order valence-electron chi connectivity index (χ3n) is 2.06. The Hall–Kier alpha value is -1.26. The number of nitrogens with one attached hydrogen (secondary N) is 1. The van der Waals surface area contributed by atoms with Crippen LogP contribution < -0.4 is 11.1 Å². The number of nitrogens with two attached hydrogens (primary N) is 1. The van der Waals surface area contributed by atoms with Crippen molar-refractivity contribution in [1.82, 2.24) is 0 Å². The summed E-state index contributed by atoms with van der Waals surface area (Å²) in [4.78, 5) is 0. The Bertz CT molecular complexity index is 298. The van der Waals surface area contributed by atoms with E-state index in [4.69, 9.17) is 15.2 Å². The van der Waals surface area contributed by atoms with Crippen LogP contribution in [-0.4, -0.2) is 19.6 Å². The molecule has 0 unspecified atom stereocenters. The summed E-state index contributed by atoms with van der Waals surface area (Å²) < 4.78 is 10.7. The van der Waals surface area contributed by atoms with Crippen molar-refractivity contribution >= 4 is 11.4 Å². The van der Waals surface area contributed by atoms with Crippen LogP contribution in [0.4, 0.5) is 11.4 Å². The molecule has 4 nitrogen and oxygen atoms in total. The van der Waals surface area contributed by atoms with Crippen LogP contribution in [0.2, 0.25) is 0 Å². The van der Waals surface area contributed by atoms with Gasteiger partial charge in [-0.2, -0.15) is 0 Å². The predicted octanol–water partition coefficient (Wildman–Crippen LogP) is 1.40. The number of hydrogen-bond donors (Lipinski definition) is 2. The average Bonchev–Trinajstić information content (AvgIpc) is 2.23. The average molecular weight is 194 g/mol. The van der Waals surface area contributed by atoms with Gasteiger partial charge >= 0.3 is 0 Å². The minimum absolute atomic E-state index is 0.367. The molecule has 0 aliphatic carbocycles. The second-order valence-electron chi connectivity index (χ2n) is 3.16. The molecule has 0 atom stereocenters. The number of hydrogen-bond acceptors (Lipinski definition) is 4. The first-order valence-electron chi connectivity index (χ1n) is 4.70. The maximum absolute atomic E-state index is 5.76. The van der Waals surface area contributed by atoms with Gasteiger partial charge in [0.2, 0.25) is 6.41 Å². The predicted molar refractivity (Wildman–Crippen MR) is 54.8 cm³/mol. The molecule has 76 valence electrons. The Morgan fingerprint density at radius 1 is 1.21 bits per heavy atom. The fourth-order valence-electron chi connectivity index (χ4n) is 1.33. The van der Waals surface area contributed by atoms with E-state index >= 15 is 0 Å². The van der Waals surface area contributed by atoms with Gasteiger partial charge in [-0.1, -0.05) is 12.1 Å². The molecular formula is C10H14N2O2. The van der Waals surface area contributed by atoms with Crippen molar-refractivity contribution in [3.8, 4) is 0 Å². The van der Waals surface area contributed by atoms with Crippen LogP contribution in [0.3, 0.4) is 0 Å². The summed E-state index contributed by atoms with van der Waals surface area (Å²) in [7, 11) is 0. The van der Waals surface area contributed by atoms with E-state index in [1.807, 2.05) is 24.3 Å². The maximum Gasteiger partial charge on any atom is 0.238 e. The molecule has 14 heavy (non-hydrogen) atoms. The van der Waals surface area contributed by atoms with Crippen LogP contribution in [-0.2, 0) is 9.47 Å². The summed E-state index contributed by atoms with van der Waals surface area (Å²) in [5.41, 5.74) is 7.31. The fraction of sp³-hybridized carbons (Fsp3) is 0.400. The first kappa shape index (κ1) is 9.30. The minimum Gasteiger partial charge on any atom is -0.397 e. The first-order chi connectivity index (χ1) is 6.86. The summed E-state index contributed by atoms with van der Waals surface area (Å²) in [6, 6.07) is 7.55. The quantitative estimate of drug-likeness (QED) is 0.699. The Balaban J connectivity index is 1.99. The molecule has 0 bridgehead atoms. The van der Waals surface area contributed by atoms with Crippen molar-refractivity contribution in [3.05, 3.63) is 24.3 Å². The molecule has 2 rings (SSSR count). The van der Waals surface area contributed by atoms with E-state index in [1.54, 1.807) is 0 Å². The highest BCUT2D eigenvalue weighted by molar-refractivity contribution is 5.65. The van der Waals surface area contributed by atoms with Crippen molar-refractivity contribution in [3.63, 3.8) is 0 Å². The molecule has 0 aromatic heterocycles. The monoisotopic (exact) mass is 194 g/mol. The fourth-order valence-corrected chi connectivity index (χ4v) is 1.33. The van der Waals surface area contributed by atoms with Gasteiger partial charge in [-0.25, -0.2) is 0 Å². The second-order valence-corrected chi connectivity index (χ2v) is 3.16. The van der Waals surface area contributed by atoms with E-state index in [0.29, 0.717) is 5.69 Å². The summed E-state index contributed by atoms with van der Waals surface area (Å²) in [5, 5.41) is 3.08. The summed E-state index contributed by atoms with van der Waals surface area (Å²) >= 11 is 0. The molecular weight excluding hydrogens is 180 g/mol. The van der Waals surface area contributed by atoms with Crippen LogP contribution >= 0.6 is 0 Å². The van der Waals surface area contributed by atoms with E-state index in [-0.39, 0.29) is 6.41 Å². The van der Waals surface area contributed by atoms with E-state index in [9.17, 15) is 0 Å². The molecule has 0 amide bonds. The van der Waals surface area contributed by atoms with E-state index in [2.05, 4.69) is 5.32 Å². The van der Waals surface area contributed by atoms with Gasteiger partial charge in [0, 0.05) is 0 Å². The molecule has 3 N–H and O–H groups in total. The zero-order chi connectivity index (χ0) is 9.80. The topological polar surface area (TPSA) is 56.5 Å². The Kier molecular flexibility index (Phi) is 2.86. The highest BCUT2D eigenvalue weighted by Crippen LogP contribution is 2.19. The standard InChI is InChI=1S/C10H14N2O2/c11-8-4-1-2-5-9(8)12-10-13-6-3-7-14-10/h1-2,4-5,10,12H,3,6-7,11H2. The molecule has 1 fully saturated rings. The molecule has 1 aliphatic heterocycles. The molecule has 0 saturated carbocycles. The minimum atomic E-state index is -0.367. The Morgan fingerprint density at radius 2 is 1.93 bits per heavy atom. The molecule has 1 aromatic carbocycles. The second kappa shape index (κ2) is 4.30. The first-order valence-corrected chi connectivity index (χ1v) is 4.70. The van der Waals surface area contributed by atoms with Crippen molar-refractivity contribution in [2.75, 3.05) is 24.3 Å². The lowest BCUT2D eigenvalue weighted by atomic mass is 10.3. The largest absolute Gasteiger partial charge is 0.397 e. The summed E-state index contributed by atoms with van der Waals surface area (Å²) in [5.74, 6) is 0. The number of benzene rings is 1. The van der Waals surface area contributed by atoms with Crippen LogP contribution in [0.15, 0.2) is 24.3 Å². The lowest BCUT2D eigenvalue weighted by molar-refractivity contribution is -0.161. The van der Waals surface area contributed by atoms with Crippen molar-refractivity contribution in [2.45, 2.75) is 12.8 Å². The van der Waals surface area contributed by atoms with Crippen LogP contribution in [0.5, 0.6) is 0 Å². The van der Waals surface area contributed by atoms with Gasteiger partial charge in [-0.15, -0.1) is 0 Å². The third-order valence-corrected chi connectivity index (χ3v) is 2.06. The molecule has 4 heteroatoms. The number of para-hydroxylation sites is 2. The summed E-state index contributed by atoms with van der Waals surface area (Å²) in [6.07, 6.45) is 0.580. The van der Waals surface area contributed by atoms with Gasteiger partial charge in [0.25, 0.3) is 0 Å². The molecule has 0 radical (unpaired) electrons. The van der Waals surface area contributed by atoms with E-state index < -0.39 is 0 Å². The van der Waals surface area contributed by atoms with Gasteiger partial charge in [-0.05, 0) is 18.6 Å². The van der Waals surface area contributed by atoms with Gasteiger partial charge < -0.3 is 20.5 Å². The number of rotatable bonds is 2. The lowest BCUT2D eigenvalue weighted by Gasteiger charge is -2.25. The smallest absolute Gasteiger partial charge is 0.238 e. The van der Waals surface area contributed by atoms with Crippen LogP contribution in [0.1, 0.15) is 6.42 Å². The summed E-state index contributed by atoms with van der Waals surface area (Å²) in [6.45, 7) is 1.45. The molecule has 0 spiro atoms. The van der Waals surface area contributed by atoms with E-state index in [1.165, 1.54) is 0 Å². The van der Waals surface area contributed by atoms with Gasteiger partial charge in [0.05, 0.1) is 24.6 Å². The normalized spacial score (nSPS) is 18.0. The van der Waals surface area contributed by atoms with Crippen molar-refractivity contribution < 1.29 is 9.47 Å². The van der Waals surface area contributed by atoms with Gasteiger partial charge in [0.1, 0.15) is 0 Å². The third kappa shape index (κ3) is 2.16. The SMILES string of the molecule is Nc1ccccc1NC1OCCCO1. The van der Waals surface area contributed by atoms with Crippen molar-refractivity contribution in [1.29, 1.82) is 0 Å². The zero-order valence-corrected chi connectivity index (χ0v) is 7.90. The molecule has 1 aromatic rings. The number of ether oxygens (including phenoxy) is 2. The molecule has 1 aliphatic rings. The number of nitrogen functional groups attached to an aromatic ring is 1. The van der Waals surface area contributed by atoms with Crippen LogP contribution in [0, 0.1) is 0 Å². The zero-order valence-electron chi connectivity index (χ0n) is 7.90. The van der Waals surface area contributed by atoms with Gasteiger partial charge in [-0.3, -0.25) is 0 Å².